The third-order valence-electron chi connectivity index (χ3n) is 4.37. The number of methoxy groups -OCH3 is 1. The van der Waals surface area contributed by atoms with Gasteiger partial charge in [0.25, 0.3) is 0 Å². The Bertz CT molecular complexity index is 792. The number of hydrogen-bond acceptors (Lipinski definition) is 3. The molecule has 0 spiro atoms. The Morgan fingerprint density at radius 3 is 2.46 bits per heavy atom. The summed E-state index contributed by atoms with van der Waals surface area (Å²) in [6, 6.07) is 5.21. The van der Waals surface area contributed by atoms with Crippen LogP contribution < -0.4 is 4.74 Å². The number of aromatic hydroxyl groups is 1. The molecule has 0 amide bonds. The monoisotopic (exact) mass is 352 g/mol. The van der Waals surface area contributed by atoms with E-state index in [1.807, 2.05) is 45.1 Å². The van der Waals surface area contributed by atoms with E-state index in [2.05, 4.69) is 13.2 Å². The molecule has 0 radical (unpaired) electrons. The third kappa shape index (κ3) is 4.85. The summed E-state index contributed by atoms with van der Waals surface area (Å²) in [5.74, 6) is 0.294. The van der Waals surface area contributed by atoms with Crippen molar-refractivity contribution < 1.29 is 14.6 Å². The Morgan fingerprint density at radius 1 is 1.31 bits per heavy atom. The van der Waals surface area contributed by atoms with Crippen molar-refractivity contribution in [3.63, 3.8) is 0 Å². The van der Waals surface area contributed by atoms with Gasteiger partial charge in [-0.2, -0.15) is 0 Å². The molecule has 1 aromatic carbocycles. The van der Waals surface area contributed by atoms with Gasteiger partial charge in [-0.1, -0.05) is 50.5 Å². The number of ketones is 1. The molecule has 0 aliphatic heterocycles. The number of benzene rings is 1. The molecular formula is C23H28O3. The second kappa shape index (κ2) is 9.62. The quantitative estimate of drug-likeness (QED) is 0.485. The van der Waals surface area contributed by atoms with Gasteiger partial charge in [0.2, 0.25) is 0 Å². The fraction of sp³-hybridized carbons (Fsp3) is 0.261. The van der Waals surface area contributed by atoms with E-state index in [1.54, 1.807) is 18.2 Å². The largest absolute Gasteiger partial charge is 0.504 e. The predicted octanol–water partition coefficient (Wildman–Crippen LogP) is 5.65. The van der Waals surface area contributed by atoms with Crippen LogP contribution in [-0.4, -0.2) is 18.0 Å². The van der Waals surface area contributed by atoms with Crippen LogP contribution in [-0.2, 0) is 4.79 Å². The van der Waals surface area contributed by atoms with Crippen LogP contribution in [0.15, 0.2) is 78.0 Å². The molecule has 0 aliphatic carbocycles. The Balaban J connectivity index is 3.63. The molecule has 0 aromatic heterocycles. The SMILES string of the molecule is C=C/C=C(\C=C/C)C(/C)=C(/C(=C)C(C)=O)C(C)c1ccc(O)c(OC)c1. The third-order valence-corrected chi connectivity index (χ3v) is 4.37. The van der Waals surface area contributed by atoms with E-state index in [4.69, 9.17) is 4.74 Å². The molecule has 3 nitrogen and oxygen atoms in total. The van der Waals surface area contributed by atoms with Gasteiger partial charge in [-0.05, 0) is 55.2 Å². The maximum Gasteiger partial charge on any atom is 0.160 e. The van der Waals surface area contributed by atoms with Crippen molar-refractivity contribution in [1.29, 1.82) is 0 Å². The minimum atomic E-state index is -0.112. The minimum Gasteiger partial charge on any atom is -0.504 e. The van der Waals surface area contributed by atoms with E-state index in [9.17, 15) is 9.90 Å². The molecule has 3 heteroatoms. The molecule has 0 aliphatic rings. The first-order valence-corrected chi connectivity index (χ1v) is 8.52. The molecule has 0 saturated heterocycles. The highest BCUT2D eigenvalue weighted by molar-refractivity contribution is 5.98. The van der Waals surface area contributed by atoms with Crippen LogP contribution in [0.25, 0.3) is 0 Å². The number of rotatable bonds is 8. The molecule has 1 N–H and O–H groups in total. The zero-order valence-corrected chi connectivity index (χ0v) is 16.3. The smallest absolute Gasteiger partial charge is 0.160 e. The number of carbonyl (C=O) groups is 1. The topological polar surface area (TPSA) is 46.5 Å². The van der Waals surface area contributed by atoms with E-state index in [-0.39, 0.29) is 17.5 Å². The van der Waals surface area contributed by atoms with E-state index in [1.165, 1.54) is 14.0 Å². The summed E-state index contributed by atoms with van der Waals surface area (Å²) in [4.78, 5) is 12.1. The van der Waals surface area contributed by atoms with Gasteiger partial charge in [0.1, 0.15) is 0 Å². The Labute approximate surface area is 156 Å². The summed E-state index contributed by atoms with van der Waals surface area (Å²) in [7, 11) is 1.51. The summed E-state index contributed by atoms with van der Waals surface area (Å²) < 4.78 is 5.22. The highest BCUT2D eigenvalue weighted by Crippen LogP contribution is 2.37. The van der Waals surface area contributed by atoms with Crippen LogP contribution in [0, 0.1) is 0 Å². The Morgan fingerprint density at radius 2 is 1.96 bits per heavy atom. The average Bonchev–Trinajstić information content (AvgIpc) is 2.61. The number of Topliss-reactive ketones (excluding diaryl/α,β-unsaturated/α-hetero) is 1. The molecule has 26 heavy (non-hydrogen) atoms. The zero-order valence-electron chi connectivity index (χ0n) is 16.3. The molecule has 1 rings (SSSR count). The predicted molar refractivity (Wildman–Crippen MR) is 109 cm³/mol. The first-order valence-electron chi connectivity index (χ1n) is 8.52. The maximum atomic E-state index is 12.1. The van der Waals surface area contributed by atoms with Crippen LogP contribution in [0.3, 0.4) is 0 Å². The summed E-state index contributed by atoms with van der Waals surface area (Å²) in [6.45, 7) is 15.2. The molecule has 1 unspecified atom stereocenters. The highest BCUT2D eigenvalue weighted by atomic mass is 16.5. The van der Waals surface area contributed by atoms with E-state index in [0.29, 0.717) is 11.3 Å². The normalized spacial score (nSPS) is 14.0. The molecular weight excluding hydrogens is 324 g/mol. The van der Waals surface area contributed by atoms with Crippen LogP contribution in [0.2, 0.25) is 0 Å². The van der Waals surface area contributed by atoms with E-state index < -0.39 is 0 Å². The van der Waals surface area contributed by atoms with Crippen molar-refractivity contribution in [3.05, 3.63) is 83.5 Å². The van der Waals surface area contributed by atoms with Crippen molar-refractivity contribution in [1.82, 2.24) is 0 Å². The lowest BCUT2D eigenvalue weighted by Gasteiger charge is -2.22. The molecule has 1 aromatic rings. The molecule has 0 fully saturated rings. The fourth-order valence-corrected chi connectivity index (χ4v) is 2.90. The van der Waals surface area contributed by atoms with Crippen LogP contribution >= 0.6 is 0 Å². The number of allylic oxidation sites excluding steroid dienone is 8. The summed E-state index contributed by atoms with van der Waals surface area (Å²) in [6.07, 6.45) is 7.56. The lowest BCUT2D eigenvalue weighted by molar-refractivity contribution is -0.113. The second-order valence-corrected chi connectivity index (χ2v) is 6.08. The number of carbonyl (C=O) groups excluding carboxylic acids is 1. The average molecular weight is 352 g/mol. The van der Waals surface area contributed by atoms with Gasteiger partial charge in [0.15, 0.2) is 17.3 Å². The molecule has 0 saturated carbocycles. The lowest BCUT2D eigenvalue weighted by Crippen LogP contribution is -2.09. The van der Waals surface area contributed by atoms with Gasteiger partial charge in [-0.15, -0.1) is 0 Å². The van der Waals surface area contributed by atoms with Gasteiger partial charge in [0, 0.05) is 11.5 Å². The van der Waals surface area contributed by atoms with Gasteiger partial charge in [-0.3, -0.25) is 4.79 Å². The first kappa shape index (κ1) is 21.2. The summed E-state index contributed by atoms with van der Waals surface area (Å²) in [5, 5.41) is 9.85. The Kier molecular flexibility index (Phi) is 7.85. The standard InChI is InChI=1S/C23H28O3/c1-8-10-19(11-9-2)16(4)23(15(3)18(6)24)17(5)20-12-13-21(25)22(14-20)26-7/h8-14,17,25H,1,3H2,2,4-7H3/b11-9-,19-10+,23-16-. The van der Waals surface area contributed by atoms with E-state index >= 15 is 0 Å². The van der Waals surface area contributed by atoms with Crippen molar-refractivity contribution >= 4 is 5.78 Å². The molecule has 138 valence electrons. The minimum absolute atomic E-state index is 0.0737. The number of phenolic OH excluding ortho intramolecular Hbond substituents is 1. The number of hydrogen-bond donors (Lipinski definition) is 1. The zero-order chi connectivity index (χ0) is 19.9. The summed E-state index contributed by atoms with van der Waals surface area (Å²) >= 11 is 0. The van der Waals surface area contributed by atoms with Crippen molar-refractivity contribution in [2.45, 2.75) is 33.6 Å². The van der Waals surface area contributed by atoms with Crippen LogP contribution in [0.4, 0.5) is 0 Å². The summed E-state index contributed by atoms with van der Waals surface area (Å²) in [5.41, 5.74) is 4.19. The van der Waals surface area contributed by atoms with Crippen LogP contribution in [0.1, 0.15) is 39.2 Å². The van der Waals surface area contributed by atoms with Gasteiger partial charge in [0.05, 0.1) is 7.11 Å². The number of ether oxygens (including phenoxy) is 1. The maximum absolute atomic E-state index is 12.1. The molecule has 0 bridgehead atoms. The van der Waals surface area contributed by atoms with Gasteiger partial charge < -0.3 is 9.84 Å². The van der Waals surface area contributed by atoms with E-state index in [0.717, 1.165) is 22.3 Å². The first-order chi connectivity index (χ1) is 12.3. The second-order valence-electron chi connectivity index (χ2n) is 6.08. The molecule has 0 heterocycles. The van der Waals surface area contributed by atoms with Crippen molar-refractivity contribution in [2.75, 3.05) is 7.11 Å². The van der Waals surface area contributed by atoms with Crippen molar-refractivity contribution in [3.8, 4) is 11.5 Å². The highest BCUT2D eigenvalue weighted by Gasteiger charge is 2.21. The van der Waals surface area contributed by atoms with Gasteiger partial charge >= 0.3 is 0 Å². The number of phenols is 1. The Hall–Kier alpha value is -2.81. The lowest BCUT2D eigenvalue weighted by atomic mass is 9.82. The van der Waals surface area contributed by atoms with Gasteiger partial charge in [-0.25, -0.2) is 0 Å². The fourth-order valence-electron chi connectivity index (χ4n) is 2.90. The molecule has 1 atom stereocenters. The van der Waals surface area contributed by atoms with Crippen LogP contribution in [0.5, 0.6) is 11.5 Å². The van der Waals surface area contributed by atoms with Crippen molar-refractivity contribution in [2.24, 2.45) is 0 Å².